The number of aryl methyl sites for hydroxylation is 1. The van der Waals surface area contributed by atoms with Gasteiger partial charge in [0.15, 0.2) is 0 Å². The van der Waals surface area contributed by atoms with E-state index in [2.05, 4.69) is 54.5 Å². The Morgan fingerprint density at radius 1 is 1.19 bits per heavy atom. The number of nitrogens with one attached hydrogen (secondary N) is 1. The average Bonchev–Trinajstić information content (AvgIpc) is 2.95. The lowest BCUT2D eigenvalue weighted by Gasteiger charge is -2.21. The van der Waals surface area contributed by atoms with Crippen molar-refractivity contribution in [2.45, 2.75) is 45.4 Å². The molecule has 1 fully saturated rings. The maximum Gasteiger partial charge on any atom is 0.0705 e. The number of aromatic nitrogens is 1. The number of hydrogen-bond donors (Lipinski definition) is 1. The van der Waals surface area contributed by atoms with E-state index in [4.69, 9.17) is 0 Å². The van der Waals surface area contributed by atoms with Gasteiger partial charge in [-0.05, 0) is 74.9 Å². The molecule has 2 unspecified atom stereocenters. The third-order valence-electron chi connectivity index (χ3n) is 4.77. The van der Waals surface area contributed by atoms with Gasteiger partial charge in [0.05, 0.1) is 5.52 Å². The maximum absolute atomic E-state index is 4.61. The summed E-state index contributed by atoms with van der Waals surface area (Å²) in [7, 11) is 0. The molecule has 0 bridgehead atoms. The standard InChI is InChI=1S/C19H26N2/c1-3-11-20-13-17-5-4-6-18(17)15-9-10-19-16(12-15)8-7-14(2)21-19/h7-10,12,17-18,20H,3-6,11,13H2,1-2H3. The number of rotatable bonds is 5. The summed E-state index contributed by atoms with van der Waals surface area (Å²) in [5.74, 6) is 1.52. The smallest absolute Gasteiger partial charge is 0.0705 e. The summed E-state index contributed by atoms with van der Waals surface area (Å²) in [6.07, 6.45) is 5.29. The third kappa shape index (κ3) is 3.26. The minimum Gasteiger partial charge on any atom is -0.316 e. The molecule has 1 aliphatic carbocycles. The Balaban J connectivity index is 1.80. The lowest BCUT2D eigenvalue weighted by Crippen LogP contribution is -2.25. The van der Waals surface area contributed by atoms with Crippen LogP contribution in [0.4, 0.5) is 0 Å². The SMILES string of the molecule is CCCNCC1CCCC1c1ccc2nc(C)ccc2c1. The molecule has 0 aliphatic heterocycles. The molecule has 2 heteroatoms. The molecule has 112 valence electrons. The number of nitrogens with zero attached hydrogens (tertiary/aromatic N) is 1. The van der Waals surface area contributed by atoms with Crippen LogP contribution in [0, 0.1) is 12.8 Å². The average molecular weight is 282 g/mol. The van der Waals surface area contributed by atoms with Gasteiger partial charge in [0.2, 0.25) is 0 Å². The van der Waals surface area contributed by atoms with E-state index < -0.39 is 0 Å². The first-order valence-electron chi connectivity index (χ1n) is 8.36. The van der Waals surface area contributed by atoms with E-state index in [-0.39, 0.29) is 0 Å². The van der Waals surface area contributed by atoms with Gasteiger partial charge in [0, 0.05) is 11.1 Å². The zero-order valence-corrected chi connectivity index (χ0v) is 13.2. The van der Waals surface area contributed by atoms with Crippen molar-refractivity contribution in [2.24, 2.45) is 5.92 Å². The predicted molar refractivity (Wildman–Crippen MR) is 89.7 cm³/mol. The minimum atomic E-state index is 0.722. The van der Waals surface area contributed by atoms with Crippen molar-refractivity contribution in [1.29, 1.82) is 0 Å². The Kier molecular flexibility index (Phi) is 4.54. The molecule has 2 nitrogen and oxygen atoms in total. The molecule has 0 spiro atoms. The number of fused-ring (bicyclic) bond motifs is 1. The van der Waals surface area contributed by atoms with Crippen molar-refractivity contribution in [3.05, 3.63) is 41.6 Å². The first-order chi connectivity index (χ1) is 10.3. The second-order valence-electron chi connectivity index (χ2n) is 6.41. The molecule has 1 aliphatic rings. The van der Waals surface area contributed by atoms with Crippen LogP contribution in [0.1, 0.15) is 49.8 Å². The Labute approximate surface area is 128 Å². The van der Waals surface area contributed by atoms with Crippen molar-refractivity contribution >= 4 is 10.9 Å². The van der Waals surface area contributed by atoms with Gasteiger partial charge in [-0.3, -0.25) is 4.98 Å². The molecule has 0 radical (unpaired) electrons. The molecular formula is C19H26N2. The molecule has 2 atom stereocenters. The fourth-order valence-electron chi connectivity index (χ4n) is 3.66. The van der Waals surface area contributed by atoms with Crippen LogP contribution < -0.4 is 5.32 Å². The molecule has 2 aromatic rings. The van der Waals surface area contributed by atoms with Crippen LogP contribution in [0.3, 0.4) is 0 Å². The summed E-state index contributed by atoms with van der Waals surface area (Å²) in [6.45, 7) is 6.60. The zero-order chi connectivity index (χ0) is 14.7. The van der Waals surface area contributed by atoms with Crippen LogP contribution in [-0.4, -0.2) is 18.1 Å². The van der Waals surface area contributed by atoms with Gasteiger partial charge in [-0.25, -0.2) is 0 Å². The summed E-state index contributed by atoms with van der Waals surface area (Å²) in [5.41, 5.74) is 3.73. The topological polar surface area (TPSA) is 24.9 Å². The third-order valence-corrected chi connectivity index (χ3v) is 4.77. The maximum atomic E-state index is 4.61. The molecule has 0 amide bonds. The van der Waals surface area contributed by atoms with Crippen molar-refractivity contribution in [2.75, 3.05) is 13.1 Å². The van der Waals surface area contributed by atoms with Crippen LogP contribution in [0.15, 0.2) is 30.3 Å². The predicted octanol–water partition coefficient (Wildman–Crippen LogP) is 4.43. The summed E-state index contributed by atoms with van der Waals surface area (Å²) in [5, 5.41) is 4.89. The Bertz CT molecular complexity index is 606. The second-order valence-corrected chi connectivity index (χ2v) is 6.41. The fraction of sp³-hybridized carbons (Fsp3) is 0.526. The monoisotopic (exact) mass is 282 g/mol. The first-order valence-corrected chi connectivity index (χ1v) is 8.36. The summed E-state index contributed by atoms with van der Waals surface area (Å²) in [4.78, 5) is 4.61. The number of benzene rings is 1. The van der Waals surface area contributed by atoms with Crippen LogP contribution >= 0.6 is 0 Å². The molecule has 1 N–H and O–H groups in total. The minimum absolute atomic E-state index is 0.722. The molecule has 1 heterocycles. The van der Waals surface area contributed by atoms with Gasteiger partial charge in [0.25, 0.3) is 0 Å². The van der Waals surface area contributed by atoms with Gasteiger partial charge in [0.1, 0.15) is 0 Å². The van der Waals surface area contributed by atoms with Gasteiger partial charge in [-0.15, -0.1) is 0 Å². The highest BCUT2D eigenvalue weighted by Gasteiger charge is 2.28. The molecule has 1 aromatic heterocycles. The van der Waals surface area contributed by atoms with Crippen LogP contribution in [0.2, 0.25) is 0 Å². The summed E-state index contributed by atoms with van der Waals surface area (Å²) < 4.78 is 0. The van der Waals surface area contributed by atoms with Crippen LogP contribution in [0.5, 0.6) is 0 Å². The normalized spacial score (nSPS) is 22.0. The van der Waals surface area contributed by atoms with Gasteiger partial charge >= 0.3 is 0 Å². The largest absolute Gasteiger partial charge is 0.316 e. The Morgan fingerprint density at radius 3 is 2.95 bits per heavy atom. The lowest BCUT2D eigenvalue weighted by atomic mass is 9.88. The lowest BCUT2D eigenvalue weighted by molar-refractivity contribution is 0.445. The van der Waals surface area contributed by atoms with Gasteiger partial charge in [-0.1, -0.05) is 25.5 Å². The molecule has 1 saturated carbocycles. The van der Waals surface area contributed by atoms with E-state index >= 15 is 0 Å². The molecule has 0 saturated heterocycles. The molecule has 21 heavy (non-hydrogen) atoms. The van der Waals surface area contributed by atoms with E-state index in [1.165, 1.54) is 43.2 Å². The van der Waals surface area contributed by atoms with E-state index in [1.54, 1.807) is 0 Å². The van der Waals surface area contributed by atoms with E-state index in [9.17, 15) is 0 Å². The van der Waals surface area contributed by atoms with Gasteiger partial charge in [-0.2, -0.15) is 0 Å². The van der Waals surface area contributed by atoms with Gasteiger partial charge < -0.3 is 5.32 Å². The van der Waals surface area contributed by atoms with E-state index in [0.717, 1.165) is 29.6 Å². The van der Waals surface area contributed by atoms with Crippen molar-refractivity contribution in [3.63, 3.8) is 0 Å². The Hall–Kier alpha value is -1.41. The molecular weight excluding hydrogens is 256 g/mol. The van der Waals surface area contributed by atoms with E-state index in [1.807, 2.05) is 0 Å². The second kappa shape index (κ2) is 6.57. The summed E-state index contributed by atoms with van der Waals surface area (Å²) >= 11 is 0. The highest BCUT2D eigenvalue weighted by Crippen LogP contribution is 2.39. The van der Waals surface area contributed by atoms with Crippen molar-refractivity contribution in [1.82, 2.24) is 10.3 Å². The first kappa shape index (κ1) is 14.5. The van der Waals surface area contributed by atoms with Crippen molar-refractivity contribution < 1.29 is 0 Å². The fourth-order valence-corrected chi connectivity index (χ4v) is 3.66. The highest BCUT2D eigenvalue weighted by atomic mass is 14.9. The number of hydrogen-bond acceptors (Lipinski definition) is 2. The molecule has 1 aromatic carbocycles. The summed E-state index contributed by atoms with van der Waals surface area (Å²) in [6, 6.07) is 11.2. The highest BCUT2D eigenvalue weighted by molar-refractivity contribution is 5.79. The zero-order valence-electron chi connectivity index (χ0n) is 13.2. The Morgan fingerprint density at radius 2 is 2.10 bits per heavy atom. The van der Waals surface area contributed by atoms with Crippen LogP contribution in [0.25, 0.3) is 10.9 Å². The van der Waals surface area contributed by atoms with E-state index in [0.29, 0.717) is 0 Å². The molecule has 3 rings (SSSR count). The van der Waals surface area contributed by atoms with Crippen molar-refractivity contribution in [3.8, 4) is 0 Å². The number of pyridine rings is 1. The quantitative estimate of drug-likeness (QED) is 0.821. The van der Waals surface area contributed by atoms with Crippen LogP contribution in [-0.2, 0) is 0 Å².